The lowest BCUT2D eigenvalue weighted by Gasteiger charge is -2.20. The number of aliphatic hydroxyl groups excluding tert-OH is 1. The molecule has 0 radical (unpaired) electrons. The third-order valence-electron chi connectivity index (χ3n) is 5.03. The fraction of sp³-hybridized carbons (Fsp3) is 0.667. The Bertz CT molecular complexity index is 937. The summed E-state index contributed by atoms with van der Waals surface area (Å²) in [7, 11) is 1.52. The fourth-order valence-electron chi connectivity index (χ4n) is 3.28. The molecule has 0 amide bonds. The average molecular weight is 477 g/mol. The van der Waals surface area contributed by atoms with E-state index in [2.05, 4.69) is 9.97 Å². The average Bonchev–Trinajstić information content (AvgIpc) is 3.65. The van der Waals surface area contributed by atoms with Gasteiger partial charge in [0.05, 0.1) is 31.8 Å². The van der Waals surface area contributed by atoms with Gasteiger partial charge in [0.15, 0.2) is 0 Å². The summed E-state index contributed by atoms with van der Waals surface area (Å²) in [5.41, 5.74) is -0.580. The number of imidazole rings is 2. The van der Waals surface area contributed by atoms with Crippen LogP contribution in [0.1, 0.15) is 96.4 Å². The van der Waals surface area contributed by atoms with Gasteiger partial charge in [-0.3, -0.25) is 0 Å². The highest BCUT2D eigenvalue weighted by Crippen LogP contribution is 2.41. The maximum Gasteiger partial charge on any atom is 0.422 e. The molecule has 0 saturated heterocycles. The lowest BCUT2D eigenvalue weighted by molar-refractivity contribution is 0.0508. The molecule has 2 fully saturated rings. The predicted molar refractivity (Wildman–Crippen MR) is 124 cm³/mol. The quantitative estimate of drug-likeness (QED) is 0.681. The van der Waals surface area contributed by atoms with Gasteiger partial charge >= 0.3 is 12.2 Å². The monoisotopic (exact) mass is 476 g/mol. The molecule has 2 aliphatic carbocycles. The van der Waals surface area contributed by atoms with Crippen LogP contribution in [-0.4, -0.2) is 54.7 Å². The summed E-state index contributed by atoms with van der Waals surface area (Å²) in [6.45, 7) is 10.8. The lowest BCUT2D eigenvalue weighted by atomic mass is 10.2. The Morgan fingerprint density at radius 1 is 0.882 bits per heavy atom. The third-order valence-corrected chi connectivity index (χ3v) is 5.03. The number of methoxy groups -OCH3 is 1. The first-order valence-corrected chi connectivity index (χ1v) is 11.6. The molecule has 0 atom stereocenters. The van der Waals surface area contributed by atoms with E-state index in [0.29, 0.717) is 29.2 Å². The molecule has 0 spiro atoms. The molecule has 0 bridgehead atoms. The van der Waals surface area contributed by atoms with E-state index in [-0.39, 0.29) is 6.61 Å². The summed E-state index contributed by atoms with van der Waals surface area (Å²) in [6.07, 6.45) is 6.46. The van der Waals surface area contributed by atoms with Gasteiger partial charge in [-0.1, -0.05) is 0 Å². The number of aromatic nitrogens is 4. The van der Waals surface area contributed by atoms with Crippen molar-refractivity contribution in [2.75, 3.05) is 7.11 Å². The minimum absolute atomic E-state index is 0.209. The second-order valence-corrected chi connectivity index (χ2v) is 10.6. The summed E-state index contributed by atoms with van der Waals surface area (Å²) >= 11 is 0. The Kier molecular flexibility index (Phi) is 7.40. The maximum atomic E-state index is 12.1. The Hall–Kier alpha value is -2.88. The van der Waals surface area contributed by atoms with Crippen molar-refractivity contribution in [1.29, 1.82) is 0 Å². The minimum Gasteiger partial charge on any atom is -0.481 e. The molecule has 2 aromatic rings. The van der Waals surface area contributed by atoms with Crippen molar-refractivity contribution in [3.8, 4) is 5.88 Å². The summed E-state index contributed by atoms with van der Waals surface area (Å²) < 4.78 is 18.6. The first-order valence-electron chi connectivity index (χ1n) is 11.6. The fourth-order valence-corrected chi connectivity index (χ4v) is 3.28. The molecule has 4 rings (SSSR count). The molecule has 0 unspecified atom stereocenters. The zero-order valence-corrected chi connectivity index (χ0v) is 21.1. The molecule has 2 heterocycles. The van der Waals surface area contributed by atoms with Crippen LogP contribution in [0.2, 0.25) is 0 Å². The Balaban J connectivity index is 0.000000191. The SMILES string of the molecule is CC(C)(C)OC(=O)n1c(CO)cnc1C1CC1.COc1cnc(C2CC2)n1C(=O)OC(C)(C)C. The van der Waals surface area contributed by atoms with Crippen molar-refractivity contribution in [3.05, 3.63) is 29.7 Å². The molecular weight excluding hydrogens is 440 g/mol. The van der Waals surface area contributed by atoms with Gasteiger partial charge in [0.2, 0.25) is 5.88 Å². The van der Waals surface area contributed by atoms with Crippen LogP contribution in [0.25, 0.3) is 0 Å². The van der Waals surface area contributed by atoms with Crippen molar-refractivity contribution in [3.63, 3.8) is 0 Å². The molecule has 2 saturated carbocycles. The molecule has 188 valence electrons. The second kappa shape index (κ2) is 9.77. The van der Waals surface area contributed by atoms with Crippen LogP contribution in [0.4, 0.5) is 9.59 Å². The summed E-state index contributed by atoms with van der Waals surface area (Å²) in [4.78, 5) is 32.6. The molecule has 2 aliphatic rings. The zero-order chi connectivity index (χ0) is 25.3. The van der Waals surface area contributed by atoms with Crippen LogP contribution in [0, 0.1) is 0 Å². The summed E-state index contributed by atoms with van der Waals surface area (Å²) in [6, 6.07) is 0. The van der Waals surface area contributed by atoms with E-state index < -0.39 is 23.4 Å². The van der Waals surface area contributed by atoms with Crippen LogP contribution in [0.15, 0.2) is 12.4 Å². The number of hydrogen-bond donors (Lipinski definition) is 1. The van der Waals surface area contributed by atoms with Crippen molar-refractivity contribution in [2.45, 2.75) is 96.9 Å². The standard InChI is InChI=1S/2C12H18N2O3/c1-12(2,3)17-11(15)14-9(16-4)7-13-10(14)8-5-6-8;1-12(2,3)17-11(16)14-9(7-15)6-13-10(14)8-4-5-8/h7-8H,5-6H2,1-4H3;6,8,15H,4-5,7H2,1-3H3. The van der Waals surface area contributed by atoms with E-state index in [0.717, 1.165) is 31.5 Å². The highest BCUT2D eigenvalue weighted by atomic mass is 16.6. The maximum absolute atomic E-state index is 12.1. The van der Waals surface area contributed by atoms with Crippen LogP contribution in [0.3, 0.4) is 0 Å². The van der Waals surface area contributed by atoms with E-state index in [1.54, 1.807) is 6.20 Å². The van der Waals surface area contributed by atoms with E-state index >= 15 is 0 Å². The number of nitrogens with zero attached hydrogens (tertiary/aromatic N) is 4. The van der Waals surface area contributed by atoms with Crippen molar-refractivity contribution in [1.82, 2.24) is 19.1 Å². The van der Waals surface area contributed by atoms with Gasteiger partial charge in [-0.05, 0) is 67.2 Å². The second-order valence-electron chi connectivity index (χ2n) is 10.6. The predicted octanol–water partition coefficient (Wildman–Crippen LogP) is 4.59. The van der Waals surface area contributed by atoms with Crippen LogP contribution >= 0.6 is 0 Å². The van der Waals surface area contributed by atoms with Gasteiger partial charge in [0.1, 0.15) is 22.9 Å². The topological polar surface area (TPSA) is 118 Å². The highest BCUT2D eigenvalue weighted by Gasteiger charge is 2.34. The smallest absolute Gasteiger partial charge is 0.422 e. The van der Waals surface area contributed by atoms with Gasteiger partial charge in [-0.15, -0.1) is 0 Å². The summed E-state index contributed by atoms with van der Waals surface area (Å²) in [5.74, 6) is 2.59. The van der Waals surface area contributed by atoms with Gasteiger partial charge in [0.25, 0.3) is 0 Å². The van der Waals surface area contributed by atoms with Gasteiger partial charge in [-0.2, -0.15) is 0 Å². The molecule has 10 heteroatoms. The Labute approximate surface area is 200 Å². The van der Waals surface area contributed by atoms with E-state index in [1.807, 2.05) is 41.5 Å². The van der Waals surface area contributed by atoms with Crippen molar-refractivity contribution < 1.29 is 28.9 Å². The van der Waals surface area contributed by atoms with Crippen LogP contribution in [-0.2, 0) is 16.1 Å². The number of carbonyl (C=O) groups is 2. The number of carbonyl (C=O) groups excluding carboxylic acids is 2. The number of hydrogen-bond acceptors (Lipinski definition) is 8. The lowest BCUT2D eigenvalue weighted by Crippen LogP contribution is -2.29. The molecule has 1 N–H and O–H groups in total. The molecule has 10 nitrogen and oxygen atoms in total. The van der Waals surface area contributed by atoms with Gasteiger partial charge in [0, 0.05) is 11.8 Å². The Morgan fingerprint density at radius 3 is 1.74 bits per heavy atom. The molecule has 2 aromatic heterocycles. The van der Waals surface area contributed by atoms with E-state index in [1.165, 1.54) is 22.4 Å². The Morgan fingerprint density at radius 2 is 1.32 bits per heavy atom. The van der Waals surface area contributed by atoms with E-state index in [4.69, 9.17) is 14.2 Å². The third kappa shape index (κ3) is 6.59. The van der Waals surface area contributed by atoms with Crippen LogP contribution in [0.5, 0.6) is 5.88 Å². The normalized spacial score (nSPS) is 15.9. The zero-order valence-electron chi connectivity index (χ0n) is 21.1. The van der Waals surface area contributed by atoms with Crippen molar-refractivity contribution in [2.24, 2.45) is 0 Å². The first-order chi connectivity index (χ1) is 15.8. The molecule has 0 aliphatic heterocycles. The highest BCUT2D eigenvalue weighted by molar-refractivity contribution is 5.74. The first kappa shape index (κ1) is 25.7. The number of ether oxygens (including phenoxy) is 3. The number of rotatable bonds is 4. The molecule has 0 aromatic carbocycles. The molecule has 34 heavy (non-hydrogen) atoms. The largest absolute Gasteiger partial charge is 0.481 e. The number of aliphatic hydroxyl groups is 1. The van der Waals surface area contributed by atoms with E-state index in [9.17, 15) is 14.7 Å². The minimum atomic E-state index is -0.547. The van der Waals surface area contributed by atoms with Gasteiger partial charge < -0.3 is 19.3 Å². The molecular formula is C24H36N4O6. The van der Waals surface area contributed by atoms with Crippen molar-refractivity contribution >= 4 is 12.2 Å². The summed E-state index contributed by atoms with van der Waals surface area (Å²) in [5, 5.41) is 9.21. The van der Waals surface area contributed by atoms with Crippen LogP contribution < -0.4 is 4.74 Å². The van der Waals surface area contributed by atoms with Gasteiger partial charge in [-0.25, -0.2) is 28.7 Å².